The first-order valence-corrected chi connectivity index (χ1v) is 20.8. The van der Waals surface area contributed by atoms with Crippen LogP contribution in [-0.2, 0) is 75.7 Å². The molecule has 0 bridgehead atoms. The van der Waals surface area contributed by atoms with Crippen LogP contribution < -0.4 is 0 Å². The summed E-state index contributed by atoms with van der Waals surface area (Å²) in [5.74, 6) is -8.63. The summed E-state index contributed by atoms with van der Waals surface area (Å²) in [5.41, 5.74) is 4.09. The van der Waals surface area contributed by atoms with Crippen LogP contribution in [0.1, 0.15) is 54.5 Å². The van der Waals surface area contributed by atoms with Crippen molar-refractivity contribution < 1.29 is 42.9 Å². The molecule has 4 atom stereocenters. The van der Waals surface area contributed by atoms with Crippen LogP contribution >= 0.6 is 0 Å². The summed E-state index contributed by atoms with van der Waals surface area (Å²) < 4.78 is 23.2. The SMILES string of the molecule is CC(=O)O[C@@H](CCCN(Cc1ccccc1)C(=O)C1[C@H](C(=O)OCc2ccccc2)C(C(=O)OCc2ccccc2)[C@H]1C(=O)OCc1ccccc1)[C@@H](C)Cc1ccccc1. The zero-order chi connectivity index (χ0) is 43.0. The van der Waals surface area contributed by atoms with E-state index in [1.54, 1.807) is 41.3 Å². The van der Waals surface area contributed by atoms with Crippen molar-refractivity contribution >= 4 is 29.8 Å². The second-order valence-electron chi connectivity index (χ2n) is 15.6. The normalized spacial score (nSPS) is 17.7. The van der Waals surface area contributed by atoms with Crippen molar-refractivity contribution in [2.45, 2.75) is 65.6 Å². The Morgan fingerprint density at radius 1 is 0.508 bits per heavy atom. The number of nitrogens with zero attached hydrogens (tertiary/aromatic N) is 1. The van der Waals surface area contributed by atoms with Crippen LogP contribution in [0.15, 0.2) is 152 Å². The predicted molar refractivity (Wildman–Crippen MR) is 229 cm³/mol. The Morgan fingerprint density at radius 2 is 0.869 bits per heavy atom. The van der Waals surface area contributed by atoms with Crippen molar-refractivity contribution in [3.63, 3.8) is 0 Å². The highest BCUT2D eigenvalue weighted by molar-refractivity contribution is 5.99. The molecule has 1 fully saturated rings. The fourth-order valence-corrected chi connectivity index (χ4v) is 7.96. The zero-order valence-corrected chi connectivity index (χ0v) is 34.7. The van der Waals surface area contributed by atoms with E-state index >= 15 is 4.79 Å². The van der Waals surface area contributed by atoms with Crippen LogP contribution in [-0.4, -0.2) is 47.3 Å². The van der Waals surface area contributed by atoms with Crippen molar-refractivity contribution in [1.29, 1.82) is 0 Å². The van der Waals surface area contributed by atoms with E-state index in [2.05, 4.69) is 0 Å². The number of carbonyl (C=O) groups is 5. The molecule has 0 aromatic heterocycles. The average Bonchev–Trinajstić information content (AvgIpc) is 3.27. The molecular formula is C51H53NO9. The molecule has 10 heteroatoms. The number of hydrogen-bond acceptors (Lipinski definition) is 9. The number of ether oxygens (including phenoxy) is 4. The van der Waals surface area contributed by atoms with Gasteiger partial charge in [0.05, 0.1) is 23.7 Å². The highest BCUT2D eigenvalue weighted by Gasteiger charge is 2.65. The molecule has 5 aromatic rings. The molecule has 0 radical (unpaired) electrons. The third kappa shape index (κ3) is 12.5. The molecule has 316 valence electrons. The standard InChI is InChI=1S/C51H53NO9/c1-36(31-38-19-8-3-9-20-38)43(61-37(2)53)29-18-30-52(32-39-21-10-4-11-22-39)48(54)44-45(49(55)58-33-40-23-12-5-13-24-40)47(51(57)60-35-42-27-16-7-17-28-42)46(44)50(56)59-34-41-25-14-6-15-26-41/h3-17,19-28,36,43-47H,18,29-35H2,1-2H3/t36-,43-,44?,45-,46-,47?/m0/s1. The monoisotopic (exact) mass is 823 g/mol. The smallest absolute Gasteiger partial charge is 0.311 e. The Hall–Kier alpha value is -6.55. The summed E-state index contributed by atoms with van der Waals surface area (Å²) in [6.45, 7) is 3.50. The van der Waals surface area contributed by atoms with E-state index in [1.165, 1.54) is 6.92 Å². The van der Waals surface area contributed by atoms with E-state index in [1.807, 2.05) is 122 Å². The van der Waals surface area contributed by atoms with E-state index in [9.17, 15) is 19.2 Å². The molecule has 10 nitrogen and oxygen atoms in total. The molecule has 5 aromatic carbocycles. The molecular weight excluding hydrogens is 771 g/mol. The first-order valence-electron chi connectivity index (χ1n) is 20.8. The van der Waals surface area contributed by atoms with E-state index in [-0.39, 0.29) is 38.8 Å². The first kappa shape index (κ1) is 44.0. The van der Waals surface area contributed by atoms with E-state index in [0.717, 1.165) is 22.3 Å². The summed E-state index contributed by atoms with van der Waals surface area (Å²) >= 11 is 0. The molecule has 1 aliphatic rings. The number of amides is 1. The van der Waals surface area contributed by atoms with Crippen molar-refractivity contribution in [3.05, 3.63) is 179 Å². The van der Waals surface area contributed by atoms with Crippen LogP contribution in [0.3, 0.4) is 0 Å². The van der Waals surface area contributed by atoms with E-state index in [0.29, 0.717) is 24.8 Å². The molecule has 61 heavy (non-hydrogen) atoms. The maximum absolute atomic E-state index is 15.2. The third-order valence-electron chi connectivity index (χ3n) is 11.1. The molecule has 1 saturated carbocycles. The lowest BCUT2D eigenvalue weighted by Gasteiger charge is -2.47. The summed E-state index contributed by atoms with van der Waals surface area (Å²) in [4.78, 5) is 71.7. The molecule has 1 amide bonds. The number of rotatable bonds is 20. The zero-order valence-electron chi connectivity index (χ0n) is 34.7. The molecule has 0 aliphatic heterocycles. The second kappa shape index (κ2) is 22.2. The molecule has 0 N–H and O–H groups in total. The van der Waals surface area contributed by atoms with Gasteiger partial charge >= 0.3 is 23.9 Å². The van der Waals surface area contributed by atoms with Gasteiger partial charge < -0.3 is 23.8 Å². The molecule has 0 unspecified atom stereocenters. The molecule has 0 saturated heterocycles. The topological polar surface area (TPSA) is 126 Å². The summed E-state index contributed by atoms with van der Waals surface area (Å²) in [6, 6.07) is 46.6. The lowest BCUT2D eigenvalue weighted by molar-refractivity contribution is -0.198. The van der Waals surface area contributed by atoms with Crippen LogP contribution in [0.4, 0.5) is 0 Å². The largest absolute Gasteiger partial charge is 0.462 e. The minimum Gasteiger partial charge on any atom is -0.462 e. The Bertz CT molecular complexity index is 2100. The molecule has 6 rings (SSSR count). The summed E-state index contributed by atoms with van der Waals surface area (Å²) in [5, 5.41) is 0. The van der Waals surface area contributed by atoms with Gasteiger partial charge in [-0.3, -0.25) is 24.0 Å². The Balaban J connectivity index is 1.30. The quantitative estimate of drug-likeness (QED) is 0.0563. The minimum absolute atomic E-state index is 0.0219. The van der Waals surface area contributed by atoms with Crippen LogP contribution in [0.25, 0.3) is 0 Å². The Morgan fingerprint density at radius 3 is 1.26 bits per heavy atom. The van der Waals surface area contributed by atoms with Crippen LogP contribution in [0, 0.1) is 29.6 Å². The first-order chi connectivity index (χ1) is 29.7. The predicted octanol–water partition coefficient (Wildman–Crippen LogP) is 8.31. The fourth-order valence-electron chi connectivity index (χ4n) is 7.96. The number of hydrogen-bond donors (Lipinski definition) is 0. The van der Waals surface area contributed by atoms with Gasteiger partial charge in [-0.2, -0.15) is 0 Å². The maximum atomic E-state index is 15.2. The Labute approximate surface area is 357 Å². The Kier molecular flexibility index (Phi) is 16.0. The van der Waals surface area contributed by atoms with Gasteiger partial charge in [-0.1, -0.05) is 159 Å². The minimum atomic E-state index is -1.35. The van der Waals surface area contributed by atoms with E-state index in [4.69, 9.17) is 18.9 Å². The van der Waals surface area contributed by atoms with Gasteiger partial charge in [0.2, 0.25) is 5.91 Å². The van der Waals surface area contributed by atoms with Gasteiger partial charge in [0.25, 0.3) is 0 Å². The van der Waals surface area contributed by atoms with Crippen molar-refractivity contribution in [2.24, 2.45) is 29.6 Å². The van der Waals surface area contributed by atoms with Crippen molar-refractivity contribution in [1.82, 2.24) is 4.90 Å². The van der Waals surface area contributed by atoms with Crippen LogP contribution in [0.5, 0.6) is 0 Å². The summed E-state index contributed by atoms with van der Waals surface area (Å²) in [6.07, 6.45) is 1.16. The third-order valence-corrected chi connectivity index (χ3v) is 11.1. The van der Waals surface area contributed by atoms with Crippen molar-refractivity contribution in [3.8, 4) is 0 Å². The van der Waals surface area contributed by atoms with Gasteiger partial charge in [-0.05, 0) is 53.0 Å². The van der Waals surface area contributed by atoms with Crippen molar-refractivity contribution in [2.75, 3.05) is 6.54 Å². The molecule has 0 spiro atoms. The van der Waals surface area contributed by atoms with Gasteiger partial charge in [0, 0.05) is 20.0 Å². The number of benzene rings is 5. The van der Waals surface area contributed by atoms with Gasteiger partial charge in [-0.15, -0.1) is 0 Å². The number of esters is 4. The second-order valence-corrected chi connectivity index (χ2v) is 15.6. The lowest BCUT2D eigenvalue weighted by Crippen LogP contribution is -2.63. The fraction of sp³-hybridized carbons (Fsp3) is 0.314. The highest BCUT2D eigenvalue weighted by Crippen LogP contribution is 2.50. The van der Waals surface area contributed by atoms with Crippen LogP contribution in [0.2, 0.25) is 0 Å². The molecule has 0 heterocycles. The number of carbonyl (C=O) groups excluding carboxylic acids is 5. The summed E-state index contributed by atoms with van der Waals surface area (Å²) in [7, 11) is 0. The van der Waals surface area contributed by atoms with E-state index < -0.39 is 59.6 Å². The average molecular weight is 824 g/mol. The maximum Gasteiger partial charge on any atom is 0.311 e. The van der Waals surface area contributed by atoms with Gasteiger partial charge in [-0.25, -0.2) is 0 Å². The highest BCUT2D eigenvalue weighted by atomic mass is 16.6. The van der Waals surface area contributed by atoms with Gasteiger partial charge in [0.1, 0.15) is 25.9 Å². The molecule has 1 aliphatic carbocycles. The lowest BCUT2D eigenvalue weighted by atomic mass is 9.55. The van der Waals surface area contributed by atoms with Gasteiger partial charge in [0.15, 0.2) is 0 Å².